The maximum atomic E-state index is 12.6. The summed E-state index contributed by atoms with van der Waals surface area (Å²) in [6.45, 7) is 0.133. The van der Waals surface area contributed by atoms with E-state index in [1.54, 1.807) is 30.3 Å². The van der Waals surface area contributed by atoms with Crippen molar-refractivity contribution in [1.82, 2.24) is 8.69 Å². The summed E-state index contributed by atoms with van der Waals surface area (Å²) in [6, 6.07) is 14.4. The lowest BCUT2D eigenvalue weighted by molar-refractivity contribution is 0.354. The van der Waals surface area contributed by atoms with E-state index in [-0.39, 0.29) is 16.3 Å². The van der Waals surface area contributed by atoms with Gasteiger partial charge in [0.2, 0.25) is 10.0 Å². The molecule has 3 rings (SSSR count). The lowest BCUT2D eigenvalue weighted by Crippen LogP contribution is -2.25. The highest BCUT2D eigenvalue weighted by molar-refractivity contribution is 7.90. The van der Waals surface area contributed by atoms with Crippen LogP contribution in [0.4, 0.5) is 0 Å². The monoisotopic (exact) mass is 450 g/mol. The number of rotatable bonds is 9. The zero-order valence-corrected chi connectivity index (χ0v) is 18.1. The summed E-state index contributed by atoms with van der Waals surface area (Å²) >= 11 is 0. The molecule has 0 radical (unpaired) electrons. The average molecular weight is 451 g/mol. The molecular weight excluding hydrogens is 428 g/mol. The molecule has 0 unspecified atom stereocenters. The first-order valence-electron chi connectivity index (χ1n) is 8.97. The van der Waals surface area contributed by atoms with Crippen molar-refractivity contribution in [2.24, 2.45) is 0 Å². The predicted molar refractivity (Wildman–Crippen MR) is 112 cm³/mol. The van der Waals surface area contributed by atoms with Gasteiger partial charge in [-0.15, -0.1) is 0 Å². The summed E-state index contributed by atoms with van der Waals surface area (Å²) in [5.41, 5.74) is 0.861. The third kappa shape index (κ3) is 4.66. The molecule has 0 amide bonds. The first-order chi connectivity index (χ1) is 14.3. The van der Waals surface area contributed by atoms with E-state index >= 15 is 0 Å². The Morgan fingerprint density at radius 2 is 1.57 bits per heavy atom. The molecule has 30 heavy (non-hydrogen) atoms. The Morgan fingerprint density at radius 1 is 0.867 bits per heavy atom. The van der Waals surface area contributed by atoms with Crippen LogP contribution >= 0.6 is 0 Å². The van der Waals surface area contributed by atoms with E-state index in [1.165, 1.54) is 38.6 Å². The van der Waals surface area contributed by atoms with E-state index in [0.29, 0.717) is 17.9 Å². The van der Waals surface area contributed by atoms with Crippen molar-refractivity contribution in [2.45, 2.75) is 16.2 Å². The molecule has 8 nitrogen and oxygen atoms in total. The molecule has 0 spiro atoms. The fourth-order valence-electron chi connectivity index (χ4n) is 2.83. The Bertz CT molecular complexity index is 1220. The van der Waals surface area contributed by atoms with Gasteiger partial charge in [-0.05, 0) is 42.3 Å². The van der Waals surface area contributed by atoms with Crippen molar-refractivity contribution in [2.75, 3.05) is 20.8 Å². The maximum absolute atomic E-state index is 12.6. The highest BCUT2D eigenvalue weighted by Crippen LogP contribution is 2.27. The smallest absolute Gasteiger partial charge is 0.267 e. The topological polar surface area (TPSA) is 104 Å². The van der Waals surface area contributed by atoms with Crippen molar-refractivity contribution in [3.8, 4) is 11.5 Å². The van der Waals surface area contributed by atoms with E-state index < -0.39 is 20.0 Å². The fourth-order valence-corrected chi connectivity index (χ4v) is 5.14. The Morgan fingerprint density at radius 3 is 2.23 bits per heavy atom. The lowest BCUT2D eigenvalue weighted by atomic mass is 10.1. The highest BCUT2D eigenvalue weighted by atomic mass is 32.2. The standard InChI is InChI=1S/C20H22N2O6S2/c1-27-19-9-8-16(14-20(19)28-2)10-12-21-29(23,24)18-11-13-22(15-18)30(25,26)17-6-4-3-5-7-17/h3-9,11,13-15,21H,10,12H2,1-2H3. The van der Waals surface area contributed by atoms with Gasteiger partial charge in [0.1, 0.15) is 4.90 Å². The van der Waals surface area contributed by atoms with Crippen molar-refractivity contribution in [1.29, 1.82) is 0 Å². The van der Waals surface area contributed by atoms with E-state index in [9.17, 15) is 16.8 Å². The van der Waals surface area contributed by atoms with E-state index in [2.05, 4.69) is 4.72 Å². The molecule has 0 bridgehead atoms. The van der Waals surface area contributed by atoms with Crippen LogP contribution in [-0.2, 0) is 26.5 Å². The molecule has 0 saturated carbocycles. The molecular formula is C20H22N2O6S2. The summed E-state index contributed by atoms with van der Waals surface area (Å²) in [5.74, 6) is 1.14. The van der Waals surface area contributed by atoms with Gasteiger partial charge in [-0.3, -0.25) is 0 Å². The highest BCUT2D eigenvalue weighted by Gasteiger charge is 2.21. The van der Waals surface area contributed by atoms with Crippen LogP contribution in [0.25, 0.3) is 0 Å². The molecule has 0 aliphatic rings. The number of hydrogen-bond acceptors (Lipinski definition) is 6. The molecule has 160 valence electrons. The maximum Gasteiger partial charge on any atom is 0.267 e. The molecule has 0 saturated heterocycles. The minimum absolute atomic E-state index is 0.0750. The van der Waals surface area contributed by atoms with Crippen molar-refractivity contribution < 1.29 is 26.3 Å². The van der Waals surface area contributed by atoms with E-state index in [4.69, 9.17) is 9.47 Å². The number of methoxy groups -OCH3 is 2. The van der Waals surface area contributed by atoms with Gasteiger partial charge in [-0.25, -0.2) is 25.5 Å². The second-order valence-electron chi connectivity index (χ2n) is 6.33. The zero-order valence-electron chi connectivity index (χ0n) is 16.5. The van der Waals surface area contributed by atoms with Gasteiger partial charge in [0, 0.05) is 18.9 Å². The van der Waals surface area contributed by atoms with Crippen LogP contribution in [0, 0.1) is 0 Å². The van der Waals surface area contributed by atoms with Crippen LogP contribution in [0.2, 0.25) is 0 Å². The van der Waals surface area contributed by atoms with Gasteiger partial charge in [-0.1, -0.05) is 24.3 Å². The number of hydrogen-bond donors (Lipinski definition) is 1. The molecule has 1 heterocycles. The minimum atomic E-state index is -3.87. The second-order valence-corrected chi connectivity index (χ2v) is 9.94. The van der Waals surface area contributed by atoms with Crippen LogP contribution in [0.1, 0.15) is 5.56 Å². The van der Waals surface area contributed by atoms with E-state index in [0.717, 1.165) is 15.7 Å². The van der Waals surface area contributed by atoms with Crippen molar-refractivity contribution >= 4 is 20.0 Å². The number of nitrogens with one attached hydrogen (secondary N) is 1. The SMILES string of the molecule is COc1ccc(CCNS(=O)(=O)c2ccn(S(=O)(=O)c3ccccc3)c2)cc1OC. The normalized spacial score (nSPS) is 11.9. The third-order valence-electron chi connectivity index (χ3n) is 4.42. The largest absolute Gasteiger partial charge is 0.493 e. The average Bonchev–Trinajstić information content (AvgIpc) is 3.26. The molecule has 1 aromatic heterocycles. The van der Waals surface area contributed by atoms with Gasteiger partial charge >= 0.3 is 0 Å². The predicted octanol–water partition coefficient (Wildman–Crippen LogP) is 2.26. The molecule has 0 fully saturated rings. The Balaban J connectivity index is 1.70. The summed E-state index contributed by atoms with van der Waals surface area (Å²) in [5, 5.41) is 0. The number of benzene rings is 2. The van der Waals surface area contributed by atoms with Gasteiger partial charge in [-0.2, -0.15) is 0 Å². The summed E-state index contributed by atoms with van der Waals surface area (Å²) in [6.07, 6.45) is 2.72. The summed E-state index contributed by atoms with van der Waals surface area (Å²) in [7, 11) is -4.67. The van der Waals surface area contributed by atoms with Crippen LogP contribution in [0.3, 0.4) is 0 Å². The molecule has 0 aliphatic carbocycles. The summed E-state index contributed by atoms with van der Waals surface area (Å²) in [4.78, 5) is -0.0553. The molecule has 2 aromatic carbocycles. The third-order valence-corrected chi connectivity index (χ3v) is 7.52. The van der Waals surface area contributed by atoms with Crippen molar-refractivity contribution in [3.05, 3.63) is 72.6 Å². The summed E-state index contributed by atoms with van der Waals surface area (Å²) < 4.78 is 64.1. The molecule has 0 atom stereocenters. The van der Waals surface area contributed by atoms with Crippen molar-refractivity contribution in [3.63, 3.8) is 0 Å². The number of ether oxygens (including phenoxy) is 2. The van der Waals surface area contributed by atoms with Crippen LogP contribution in [0.15, 0.2) is 76.8 Å². The van der Waals surface area contributed by atoms with Gasteiger partial charge in [0.25, 0.3) is 10.0 Å². The first kappa shape index (κ1) is 21.9. The Labute approximate surface area is 176 Å². The molecule has 10 heteroatoms. The van der Waals surface area contributed by atoms with Crippen LogP contribution < -0.4 is 14.2 Å². The Kier molecular flexibility index (Phi) is 6.49. The first-order valence-corrected chi connectivity index (χ1v) is 11.9. The Hall–Kier alpha value is -2.82. The van der Waals surface area contributed by atoms with Gasteiger partial charge in [0.15, 0.2) is 11.5 Å². The zero-order chi connectivity index (χ0) is 21.8. The quantitative estimate of drug-likeness (QED) is 0.536. The van der Waals surface area contributed by atoms with Crippen LogP contribution in [-0.4, -0.2) is 41.6 Å². The fraction of sp³-hybridized carbons (Fsp3) is 0.200. The van der Waals surface area contributed by atoms with Gasteiger partial charge in [0.05, 0.1) is 19.1 Å². The van der Waals surface area contributed by atoms with E-state index in [1.807, 2.05) is 6.07 Å². The number of aromatic nitrogens is 1. The van der Waals surface area contributed by atoms with Crippen LogP contribution in [0.5, 0.6) is 11.5 Å². The molecule has 1 N–H and O–H groups in total. The number of sulfonamides is 1. The lowest BCUT2D eigenvalue weighted by Gasteiger charge is -2.10. The molecule has 3 aromatic rings. The molecule has 0 aliphatic heterocycles. The minimum Gasteiger partial charge on any atom is -0.493 e. The second kappa shape index (κ2) is 8.90. The van der Waals surface area contributed by atoms with Gasteiger partial charge < -0.3 is 9.47 Å². The number of nitrogens with zero attached hydrogens (tertiary/aromatic N) is 1.